The van der Waals surface area contributed by atoms with Gasteiger partial charge in [-0.05, 0) is 49.4 Å². The molecule has 0 bridgehead atoms. The standard InChI is InChI=1S/C64H124O17P2/c1-54(2)40-32-24-16-12-9-10-14-18-28-36-44-61(66)74-50-59(80-63(68)46-38-30-19-15-11-13-17-25-33-41-55(3)4)52-78-82(70,71)76-48-58(65)49-77-83(72,73)79-53-60(81-64(69)47-39-31-23-21-27-35-43-57(7)8)51-75-62(67)45-37-29-22-20-26-34-42-56(5)6/h54-60,65H,9-53H2,1-8H3,(H,70,71)(H,72,73)/t58-,59-,60-/m1/s1. The van der Waals surface area contributed by atoms with Gasteiger partial charge in [0.25, 0.3) is 0 Å². The molecule has 2 unspecified atom stereocenters. The summed E-state index contributed by atoms with van der Waals surface area (Å²) in [7, 11) is -9.89. The second kappa shape index (κ2) is 54.2. The largest absolute Gasteiger partial charge is 0.472 e. The van der Waals surface area contributed by atoms with Crippen LogP contribution in [0.4, 0.5) is 0 Å². The van der Waals surface area contributed by atoms with Crippen molar-refractivity contribution in [3.05, 3.63) is 0 Å². The number of phosphoric acid groups is 2. The van der Waals surface area contributed by atoms with E-state index in [9.17, 15) is 43.2 Å². The number of hydrogen-bond donors (Lipinski definition) is 3. The van der Waals surface area contributed by atoms with Gasteiger partial charge in [0.15, 0.2) is 12.2 Å². The second-order valence-electron chi connectivity index (χ2n) is 25.1. The van der Waals surface area contributed by atoms with Gasteiger partial charge in [0.2, 0.25) is 0 Å². The molecule has 0 aromatic heterocycles. The van der Waals surface area contributed by atoms with E-state index in [1.54, 1.807) is 0 Å². The highest BCUT2D eigenvalue weighted by Crippen LogP contribution is 2.45. The molecule has 0 heterocycles. The van der Waals surface area contributed by atoms with E-state index in [0.29, 0.717) is 37.5 Å². The molecule has 5 atom stereocenters. The Morgan fingerprint density at radius 2 is 0.506 bits per heavy atom. The summed E-state index contributed by atoms with van der Waals surface area (Å²) in [6, 6.07) is 0. The molecule has 0 aliphatic rings. The highest BCUT2D eigenvalue weighted by molar-refractivity contribution is 7.47. The number of ether oxygens (including phenoxy) is 4. The third-order valence-electron chi connectivity index (χ3n) is 14.6. The molecule has 0 spiro atoms. The van der Waals surface area contributed by atoms with E-state index in [-0.39, 0.29) is 25.7 Å². The van der Waals surface area contributed by atoms with Crippen molar-refractivity contribution in [2.75, 3.05) is 39.6 Å². The fourth-order valence-corrected chi connectivity index (χ4v) is 11.0. The summed E-state index contributed by atoms with van der Waals surface area (Å²) in [5.74, 6) is 0.700. The van der Waals surface area contributed by atoms with Crippen LogP contribution in [-0.4, -0.2) is 96.7 Å². The van der Waals surface area contributed by atoms with Crippen molar-refractivity contribution in [2.45, 2.75) is 324 Å². The van der Waals surface area contributed by atoms with E-state index >= 15 is 0 Å². The Bertz CT molecular complexity index is 1660. The quantitative estimate of drug-likeness (QED) is 0.0222. The molecule has 3 N–H and O–H groups in total. The average molecular weight is 1230 g/mol. The van der Waals surface area contributed by atoms with Gasteiger partial charge in [-0.3, -0.25) is 37.3 Å². The monoisotopic (exact) mass is 1230 g/mol. The van der Waals surface area contributed by atoms with E-state index in [2.05, 4.69) is 55.4 Å². The number of aliphatic hydroxyl groups is 1. The fourth-order valence-electron chi connectivity index (χ4n) is 9.43. The van der Waals surface area contributed by atoms with Crippen molar-refractivity contribution in [2.24, 2.45) is 23.7 Å². The second-order valence-corrected chi connectivity index (χ2v) is 28.0. The Kier molecular flexibility index (Phi) is 53.0. The van der Waals surface area contributed by atoms with Crippen LogP contribution in [0.1, 0.15) is 306 Å². The number of carbonyl (C=O) groups is 4. The summed E-state index contributed by atoms with van der Waals surface area (Å²) >= 11 is 0. The van der Waals surface area contributed by atoms with E-state index in [1.807, 2.05) is 0 Å². The Labute approximate surface area is 505 Å². The van der Waals surface area contributed by atoms with Crippen molar-refractivity contribution in [3.8, 4) is 0 Å². The van der Waals surface area contributed by atoms with E-state index < -0.39 is 97.5 Å². The molecular weight excluding hydrogens is 1100 g/mol. The summed E-state index contributed by atoms with van der Waals surface area (Å²) in [5.41, 5.74) is 0. The minimum Gasteiger partial charge on any atom is -0.462 e. The lowest BCUT2D eigenvalue weighted by atomic mass is 10.0. The van der Waals surface area contributed by atoms with Gasteiger partial charge in [0.1, 0.15) is 19.3 Å². The van der Waals surface area contributed by atoms with Crippen molar-refractivity contribution in [1.82, 2.24) is 0 Å². The first-order chi connectivity index (χ1) is 39.6. The number of rotatable bonds is 61. The molecule has 0 amide bonds. The number of esters is 4. The van der Waals surface area contributed by atoms with Gasteiger partial charge in [-0.2, -0.15) is 0 Å². The van der Waals surface area contributed by atoms with E-state index in [1.165, 1.54) is 103 Å². The van der Waals surface area contributed by atoms with Crippen molar-refractivity contribution in [1.29, 1.82) is 0 Å². The normalized spacial score (nSPS) is 14.4. The first-order valence-electron chi connectivity index (χ1n) is 33.2. The maximum atomic E-state index is 13.0. The van der Waals surface area contributed by atoms with Gasteiger partial charge in [-0.1, -0.05) is 254 Å². The van der Waals surface area contributed by atoms with Gasteiger partial charge in [-0.15, -0.1) is 0 Å². The predicted molar refractivity (Wildman–Crippen MR) is 331 cm³/mol. The number of carbonyl (C=O) groups excluding carboxylic acids is 4. The first-order valence-corrected chi connectivity index (χ1v) is 36.2. The third kappa shape index (κ3) is 58.8. The smallest absolute Gasteiger partial charge is 0.462 e. The number of unbranched alkanes of at least 4 members (excludes halogenated alkanes) is 27. The molecule has 19 heteroatoms. The Hall–Kier alpha value is -1.94. The Balaban J connectivity index is 5.24. The molecule has 0 aromatic rings. The molecule has 83 heavy (non-hydrogen) atoms. The molecule has 0 aliphatic carbocycles. The molecule has 0 saturated carbocycles. The van der Waals surface area contributed by atoms with Crippen LogP contribution in [-0.2, 0) is 65.4 Å². The molecule has 492 valence electrons. The molecule has 0 aliphatic heterocycles. The minimum absolute atomic E-state index is 0.100. The SMILES string of the molecule is CC(C)CCCCCCCCCCCCC(=O)OC[C@H](COP(=O)(O)OC[C@@H](O)COP(=O)(O)OC[C@@H](COC(=O)CCCCCCCCC(C)C)OC(=O)CCCCCCCCC(C)C)OC(=O)CCCCCCCCCCCC(C)C. The summed E-state index contributed by atoms with van der Waals surface area (Å²) in [4.78, 5) is 72.2. The third-order valence-corrected chi connectivity index (χ3v) is 16.5. The van der Waals surface area contributed by atoms with Crippen LogP contribution in [0.15, 0.2) is 0 Å². The average Bonchev–Trinajstić information content (AvgIpc) is 3.44. The lowest BCUT2D eigenvalue weighted by molar-refractivity contribution is -0.161. The molecule has 17 nitrogen and oxygen atoms in total. The molecular formula is C64H124O17P2. The zero-order valence-electron chi connectivity index (χ0n) is 53.8. The van der Waals surface area contributed by atoms with Crippen LogP contribution in [0.25, 0.3) is 0 Å². The molecule has 0 radical (unpaired) electrons. The minimum atomic E-state index is -4.95. The fraction of sp³-hybridized carbons (Fsp3) is 0.938. The van der Waals surface area contributed by atoms with E-state index in [4.69, 9.17) is 37.0 Å². The van der Waals surface area contributed by atoms with Crippen molar-refractivity contribution < 1.29 is 80.2 Å². The van der Waals surface area contributed by atoms with Gasteiger partial charge < -0.3 is 33.8 Å². The number of aliphatic hydroxyl groups excluding tert-OH is 1. The van der Waals surface area contributed by atoms with Gasteiger partial charge in [-0.25, -0.2) is 9.13 Å². The highest BCUT2D eigenvalue weighted by Gasteiger charge is 2.30. The number of hydrogen-bond acceptors (Lipinski definition) is 15. The Morgan fingerprint density at radius 1 is 0.301 bits per heavy atom. The lowest BCUT2D eigenvalue weighted by Crippen LogP contribution is -2.30. The zero-order chi connectivity index (χ0) is 61.8. The van der Waals surface area contributed by atoms with Crippen LogP contribution in [0, 0.1) is 23.7 Å². The van der Waals surface area contributed by atoms with Crippen LogP contribution in [0.5, 0.6) is 0 Å². The summed E-state index contributed by atoms with van der Waals surface area (Å²) < 4.78 is 67.9. The molecule has 0 saturated heterocycles. The van der Waals surface area contributed by atoms with Crippen LogP contribution >= 0.6 is 15.6 Å². The molecule has 0 fully saturated rings. The summed E-state index contributed by atoms with van der Waals surface area (Å²) in [6.07, 6.45) is 33.8. The maximum absolute atomic E-state index is 13.0. The summed E-state index contributed by atoms with van der Waals surface area (Å²) in [5, 5.41) is 10.5. The topological polar surface area (TPSA) is 237 Å². The van der Waals surface area contributed by atoms with Crippen LogP contribution in [0.3, 0.4) is 0 Å². The van der Waals surface area contributed by atoms with Gasteiger partial charge in [0.05, 0.1) is 26.4 Å². The van der Waals surface area contributed by atoms with Gasteiger partial charge >= 0.3 is 39.5 Å². The maximum Gasteiger partial charge on any atom is 0.472 e. The van der Waals surface area contributed by atoms with Crippen LogP contribution < -0.4 is 0 Å². The van der Waals surface area contributed by atoms with Crippen molar-refractivity contribution in [3.63, 3.8) is 0 Å². The Morgan fingerprint density at radius 3 is 0.747 bits per heavy atom. The van der Waals surface area contributed by atoms with Crippen molar-refractivity contribution >= 4 is 39.5 Å². The first kappa shape index (κ1) is 81.1. The molecule has 0 aromatic carbocycles. The van der Waals surface area contributed by atoms with Gasteiger partial charge in [0, 0.05) is 25.7 Å². The summed E-state index contributed by atoms with van der Waals surface area (Å²) in [6.45, 7) is 13.9. The highest BCUT2D eigenvalue weighted by atomic mass is 31.2. The number of phosphoric ester groups is 2. The zero-order valence-corrected chi connectivity index (χ0v) is 55.6. The lowest BCUT2D eigenvalue weighted by Gasteiger charge is -2.21. The predicted octanol–water partition coefficient (Wildman–Crippen LogP) is 17.4. The van der Waals surface area contributed by atoms with Crippen LogP contribution in [0.2, 0.25) is 0 Å². The molecule has 0 rings (SSSR count). The van der Waals surface area contributed by atoms with E-state index in [0.717, 1.165) is 108 Å².